The standard InChI is InChI=1S/C13H18N2O4S/c1-18-11-10-15(9-3-8-14)20(16,17)13-6-4-12(19-2)5-7-13/h4-7H,3,9-11H2,1-2H3. The second-order valence-corrected chi connectivity index (χ2v) is 5.92. The molecule has 0 unspecified atom stereocenters. The molecule has 0 atom stereocenters. The maximum atomic E-state index is 12.5. The summed E-state index contributed by atoms with van der Waals surface area (Å²) in [5.41, 5.74) is 0. The van der Waals surface area contributed by atoms with Crippen molar-refractivity contribution in [2.75, 3.05) is 33.9 Å². The van der Waals surface area contributed by atoms with E-state index in [0.29, 0.717) is 5.75 Å². The summed E-state index contributed by atoms with van der Waals surface area (Å²) in [6.45, 7) is 0.640. The van der Waals surface area contributed by atoms with Crippen LogP contribution in [-0.4, -0.2) is 46.6 Å². The first-order chi connectivity index (χ1) is 9.56. The van der Waals surface area contributed by atoms with E-state index < -0.39 is 10.0 Å². The van der Waals surface area contributed by atoms with Crippen molar-refractivity contribution >= 4 is 10.0 Å². The summed E-state index contributed by atoms with van der Waals surface area (Å²) in [5, 5.41) is 8.63. The lowest BCUT2D eigenvalue weighted by Gasteiger charge is -2.20. The molecule has 0 amide bonds. The van der Waals surface area contributed by atoms with Crippen LogP contribution in [0.3, 0.4) is 0 Å². The number of ether oxygens (including phenoxy) is 2. The average molecular weight is 298 g/mol. The van der Waals surface area contributed by atoms with Crippen LogP contribution in [0.2, 0.25) is 0 Å². The fourth-order valence-electron chi connectivity index (χ4n) is 1.62. The van der Waals surface area contributed by atoms with Crippen LogP contribution in [0, 0.1) is 11.3 Å². The summed E-state index contributed by atoms with van der Waals surface area (Å²) in [6.07, 6.45) is 0.138. The maximum Gasteiger partial charge on any atom is 0.243 e. The first kappa shape index (κ1) is 16.4. The van der Waals surface area contributed by atoms with Gasteiger partial charge in [0.15, 0.2) is 0 Å². The van der Waals surface area contributed by atoms with Gasteiger partial charge in [0.2, 0.25) is 10.0 Å². The van der Waals surface area contributed by atoms with E-state index in [1.54, 1.807) is 12.1 Å². The molecule has 0 saturated carbocycles. The van der Waals surface area contributed by atoms with E-state index in [9.17, 15) is 8.42 Å². The Balaban J connectivity index is 2.97. The van der Waals surface area contributed by atoms with Gasteiger partial charge >= 0.3 is 0 Å². The molecule has 1 aromatic rings. The Bertz CT molecular complexity index is 549. The molecule has 0 saturated heterocycles. The Labute approximate surface area is 119 Å². The molecule has 0 aliphatic carbocycles. The molecule has 0 aliphatic rings. The summed E-state index contributed by atoms with van der Waals surface area (Å²) in [5.74, 6) is 0.587. The van der Waals surface area contributed by atoms with E-state index in [2.05, 4.69) is 0 Å². The highest BCUT2D eigenvalue weighted by molar-refractivity contribution is 7.89. The first-order valence-electron chi connectivity index (χ1n) is 6.06. The quantitative estimate of drug-likeness (QED) is 0.721. The number of nitriles is 1. The topological polar surface area (TPSA) is 79.6 Å². The molecule has 0 aliphatic heterocycles. The van der Waals surface area contributed by atoms with Crippen molar-refractivity contribution in [3.8, 4) is 11.8 Å². The number of methoxy groups -OCH3 is 2. The van der Waals surface area contributed by atoms with Crippen molar-refractivity contribution in [2.45, 2.75) is 11.3 Å². The van der Waals surface area contributed by atoms with Crippen molar-refractivity contribution in [2.24, 2.45) is 0 Å². The van der Waals surface area contributed by atoms with Crippen molar-refractivity contribution in [3.05, 3.63) is 24.3 Å². The molecule has 20 heavy (non-hydrogen) atoms. The third-order valence-corrected chi connectivity index (χ3v) is 4.63. The number of nitrogens with zero attached hydrogens (tertiary/aromatic N) is 2. The van der Waals surface area contributed by atoms with E-state index in [-0.39, 0.29) is 31.0 Å². The molecule has 0 radical (unpaired) electrons. The van der Waals surface area contributed by atoms with Crippen LogP contribution >= 0.6 is 0 Å². The molecule has 0 aromatic heterocycles. The third kappa shape index (κ3) is 4.20. The first-order valence-corrected chi connectivity index (χ1v) is 7.50. The third-order valence-electron chi connectivity index (χ3n) is 2.72. The lowest BCUT2D eigenvalue weighted by atomic mass is 10.3. The monoisotopic (exact) mass is 298 g/mol. The highest BCUT2D eigenvalue weighted by Gasteiger charge is 2.23. The van der Waals surface area contributed by atoms with Gasteiger partial charge in [0.05, 0.1) is 24.7 Å². The largest absolute Gasteiger partial charge is 0.497 e. The van der Waals surface area contributed by atoms with Crippen LogP contribution in [0.15, 0.2) is 29.2 Å². The van der Waals surface area contributed by atoms with Crippen LogP contribution in [0.1, 0.15) is 6.42 Å². The number of sulfonamides is 1. The van der Waals surface area contributed by atoms with Gasteiger partial charge in [0.25, 0.3) is 0 Å². The molecule has 6 nitrogen and oxygen atoms in total. The normalized spacial score (nSPS) is 11.3. The highest BCUT2D eigenvalue weighted by atomic mass is 32.2. The lowest BCUT2D eigenvalue weighted by Crippen LogP contribution is -2.34. The van der Waals surface area contributed by atoms with Crippen molar-refractivity contribution in [1.82, 2.24) is 4.31 Å². The summed E-state index contributed by atoms with van der Waals surface area (Å²) >= 11 is 0. The zero-order valence-electron chi connectivity index (χ0n) is 11.6. The molecule has 0 fully saturated rings. The molecule has 0 heterocycles. The van der Waals surface area contributed by atoms with E-state index >= 15 is 0 Å². The van der Waals surface area contributed by atoms with Crippen molar-refractivity contribution in [1.29, 1.82) is 5.26 Å². The van der Waals surface area contributed by atoms with Gasteiger partial charge in [-0.05, 0) is 24.3 Å². The minimum atomic E-state index is -3.62. The van der Waals surface area contributed by atoms with Crippen molar-refractivity contribution in [3.63, 3.8) is 0 Å². The number of hydrogen-bond donors (Lipinski definition) is 0. The minimum Gasteiger partial charge on any atom is -0.497 e. The SMILES string of the molecule is COCCN(CCC#N)S(=O)(=O)c1ccc(OC)cc1. The molecule has 0 spiro atoms. The zero-order chi connectivity index (χ0) is 15.0. The van der Waals surface area contributed by atoms with Crippen LogP contribution in [0.4, 0.5) is 0 Å². The molecule has 1 rings (SSSR count). The highest BCUT2D eigenvalue weighted by Crippen LogP contribution is 2.19. The summed E-state index contributed by atoms with van der Waals surface area (Å²) in [6, 6.07) is 8.10. The van der Waals surface area contributed by atoms with E-state index in [1.807, 2.05) is 6.07 Å². The molecule has 0 N–H and O–H groups in total. The predicted octanol–water partition coefficient (Wildman–Crippen LogP) is 1.25. The summed E-state index contributed by atoms with van der Waals surface area (Å²) in [7, 11) is -0.606. The van der Waals surface area contributed by atoms with Gasteiger partial charge in [-0.25, -0.2) is 8.42 Å². The molecule has 1 aromatic carbocycles. The van der Waals surface area contributed by atoms with Gasteiger partial charge in [-0.3, -0.25) is 0 Å². The fraction of sp³-hybridized carbons (Fsp3) is 0.462. The van der Waals surface area contributed by atoms with E-state index in [1.165, 1.54) is 30.7 Å². The smallest absolute Gasteiger partial charge is 0.243 e. The summed E-state index contributed by atoms with van der Waals surface area (Å²) in [4.78, 5) is 0.173. The predicted molar refractivity (Wildman–Crippen MR) is 73.9 cm³/mol. The average Bonchev–Trinajstić information content (AvgIpc) is 2.47. The van der Waals surface area contributed by atoms with Crippen LogP contribution in [0.5, 0.6) is 5.75 Å². The van der Waals surface area contributed by atoms with Crippen LogP contribution < -0.4 is 4.74 Å². The van der Waals surface area contributed by atoms with Gasteiger partial charge < -0.3 is 9.47 Å². The number of benzene rings is 1. The van der Waals surface area contributed by atoms with Gasteiger partial charge in [0, 0.05) is 26.6 Å². The van der Waals surface area contributed by atoms with Gasteiger partial charge in [0.1, 0.15) is 5.75 Å². The maximum absolute atomic E-state index is 12.5. The Morgan fingerprint density at radius 2 is 1.85 bits per heavy atom. The van der Waals surface area contributed by atoms with Gasteiger partial charge in [-0.1, -0.05) is 0 Å². The molecule has 7 heteroatoms. The molecular formula is C13H18N2O4S. The van der Waals surface area contributed by atoms with Gasteiger partial charge in [-0.15, -0.1) is 0 Å². The Morgan fingerprint density at radius 1 is 1.20 bits per heavy atom. The van der Waals surface area contributed by atoms with Gasteiger partial charge in [-0.2, -0.15) is 9.57 Å². The number of hydrogen-bond acceptors (Lipinski definition) is 5. The second-order valence-electron chi connectivity index (χ2n) is 3.98. The Hall–Kier alpha value is -1.62. The van der Waals surface area contributed by atoms with E-state index in [4.69, 9.17) is 14.7 Å². The molecule has 110 valence electrons. The molecule has 0 bridgehead atoms. The fourth-order valence-corrected chi connectivity index (χ4v) is 3.04. The summed E-state index contributed by atoms with van der Waals surface area (Å²) < 4.78 is 36.1. The molecular weight excluding hydrogens is 280 g/mol. The number of rotatable bonds is 8. The van der Waals surface area contributed by atoms with E-state index in [0.717, 1.165) is 0 Å². The van der Waals surface area contributed by atoms with Crippen LogP contribution in [0.25, 0.3) is 0 Å². The van der Waals surface area contributed by atoms with Crippen molar-refractivity contribution < 1.29 is 17.9 Å². The Morgan fingerprint density at radius 3 is 2.35 bits per heavy atom. The van der Waals surface area contributed by atoms with Crippen LogP contribution in [-0.2, 0) is 14.8 Å². The lowest BCUT2D eigenvalue weighted by molar-refractivity contribution is 0.179. The minimum absolute atomic E-state index is 0.138. The zero-order valence-corrected chi connectivity index (χ0v) is 12.4. The Kier molecular flexibility index (Phi) is 6.45. The second kappa shape index (κ2) is 7.85.